The highest BCUT2D eigenvalue weighted by Gasteiger charge is 2.17. The Morgan fingerprint density at radius 1 is 1.25 bits per heavy atom. The van der Waals surface area contributed by atoms with Gasteiger partial charge in [0, 0.05) is 10.0 Å². The highest BCUT2D eigenvalue weighted by molar-refractivity contribution is 9.10. The molecule has 0 spiro atoms. The van der Waals surface area contributed by atoms with E-state index in [0.717, 1.165) is 27.9 Å². The lowest BCUT2D eigenvalue weighted by molar-refractivity contribution is 0.404. The smallest absolute Gasteiger partial charge is 0.123 e. The molecule has 0 fully saturated rings. The van der Waals surface area contributed by atoms with Crippen molar-refractivity contribution in [1.29, 1.82) is 0 Å². The van der Waals surface area contributed by atoms with E-state index >= 15 is 0 Å². The van der Waals surface area contributed by atoms with Gasteiger partial charge in [-0.3, -0.25) is 0 Å². The summed E-state index contributed by atoms with van der Waals surface area (Å²) in [4.78, 5) is 0. The summed E-state index contributed by atoms with van der Waals surface area (Å²) in [5.74, 6) is 0.879. The van der Waals surface area contributed by atoms with Gasteiger partial charge in [-0.05, 0) is 46.2 Å². The molecule has 1 N–H and O–H groups in total. The van der Waals surface area contributed by atoms with Crippen molar-refractivity contribution < 1.29 is 4.74 Å². The number of hydrogen-bond donors (Lipinski definition) is 1. The molecule has 0 saturated heterocycles. The number of para-hydroxylation sites is 1. The Balaban J connectivity index is 2.47. The molecule has 0 aliphatic carbocycles. The van der Waals surface area contributed by atoms with Crippen molar-refractivity contribution >= 4 is 27.5 Å². The fraction of sp³-hybridized carbons (Fsp3) is 0.250. The Kier molecular flexibility index (Phi) is 5.46. The summed E-state index contributed by atoms with van der Waals surface area (Å²) in [5.41, 5.74) is 2.26. The molecule has 0 saturated carbocycles. The second-order valence-corrected chi connectivity index (χ2v) is 5.67. The molecular formula is C16H17BrClNO. The van der Waals surface area contributed by atoms with Crippen LogP contribution in [-0.2, 0) is 0 Å². The number of methoxy groups -OCH3 is 1. The molecular weight excluding hydrogens is 338 g/mol. The van der Waals surface area contributed by atoms with Crippen LogP contribution in [0, 0.1) is 0 Å². The Hall–Kier alpha value is -1.03. The third kappa shape index (κ3) is 3.35. The van der Waals surface area contributed by atoms with Crippen LogP contribution in [0.5, 0.6) is 5.75 Å². The molecule has 0 amide bonds. The molecule has 0 radical (unpaired) electrons. The minimum atomic E-state index is 0.0738. The van der Waals surface area contributed by atoms with Crippen molar-refractivity contribution in [3.63, 3.8) is 0 Å². The molecule has 2 rings (SSSR count). The van der Waals surface area contributed by atoms with E-state index < -0.39 is 0 Å². The summed E-state index contributed by atoms with van der Waals surface area (Å²) >= 11 is 9.56. The molecule has 2 nitrogen and oxygen atoms in total. The minimum Gasteiger partial charge on any atom is -0.496 e. The lowest BCUT2D eigenvalue weighted by Crippen LogP contribution is -2.22. The molecule has 20 heavy (non-hydrogen) atoms. The van der Waals surface area contributed by atoms with Crippen molar-refractivity contribution in [2.75, 3.05) is 13.7 Å². The second-order valence-electron chi connectivity index (χ2n) is 4.41. The predicted molar refractivity (Wildman–Crippen MR) is 87.7 cm³/mol. The second kappa shape index (κ2) is 7.11. The fourth-order valence-electron chi connectivity index (χ4n) is 2.21. The maximum absolute atomic E-state index is 6.07. The number of benzene rings is 2. The third-order valence-electron chi connectivity index (χ3n) is 3.14. The van der Waals surface area contributed by atoms with Crippen molar-refractivity contribution in [2.45, 2.75) is 13.0 Å². The Morgan fingerprint density at radius 2 is 2.00 bits per heavy atom. The Bertz CT molecular complexity index is 588. The van der Waals surface area contributed by atoms with E-state index in [2.05, 4.69) is 34.2 Å². The van der Waals surface area contributed by atoms with Gasteiger partial charge in [0.25, 0.3) is 0 Å². The number of hydrogen-bond acceptors (Lipinski definition) is 2. The van der Waals surface area contributed by atoms with Crippen molar-refractivity contribution in [3.8, 4) is 5.75 Å². The average molecular weight is 355 g/mol. The lowest BCUT2D eigenvalue weighted by atomic mass is 9.98. The van der Waals surface area contributed by atoms with Gasteiger partial charge in [0.2, 0.25) is 0 Å². The first-order valence-electron chi connectivity index (χ1n) is 6.48. The number of halogens is 2. The van der Waals surface area contributed by atoms with Crippen LogP contribution >= 0.6 is 27.5 Å². The Labute approximate surface area is 133 Å². The molecule has 106 valence electrons. The molecule has 0 aromatic heterocycles. The molecule has 0 aliphatic rings. The summed E-state index contributed by atoms with van der Waals surface area (Å²) < 4.78 is 6.37. The molecule has 1 atom stereocenters. The van der Waals surface area contributed by atoms with Crippen LogP contribution in [0.25, 0.3) is 0 Å². The van der Waals surface area contributed by atoms with Crippen molar-refractivity contribution in [1.82, 2.24) is 5.32 Å². The fourth-order valence-corrected chi connectivity index (χ4v) is 2.72. The van der Waals surface area contributed by atoms with Crippen LogP contribution in [0.3, 0.4) is 0 Å². The quantitative estimate of drug-likeness (QED) is 0.832. The maximum Gasteiger partial charge on any atom is 0.123 e. The van der Waals surface area contributed by atoms with Crippen LogP contribution in [0.2, 0.25) is 5.02 Å². The molecule has 2 aromatic carbocycles. The van der Waals surface area contributed by atoms with Crippen LogP contribution in [0.1, 0.15) is 24.1 Å². The van der Waals surface area contributed by atoms with Gasteiger partial charge < -0.3 is 10.1 Å². The summed E-state index contributed by atoms with van der Waals surface area (Å²) in [6.07, 6.45) is 0. The Morgan fingerprint density at radius 3 is 2.65 bits per heavy atom. The van der Waals surface area contributed by atoms with Gasteiger partial charge in [0.05, 0.1) is 18.2 Å². The minimum absolute atomic E-state index is 0.0738. The zero-order chi connectivity index (χ0) is 14.5. The molecule has 0 heterocycles. The normalized spacial score (nSPS) is 12.2. The largest absolute Gasteiger partial charge is 0.496 e. The van der Waals surface area contributed by atoms with Crippen LogP contribution < -0.4 is 10.1 Å². The summed E-state index contributed by atoms with van der Waals surface area (Å²) in [6.45, 7) is 2.95. The van der Waals surface area contributed by atoms with E-state index in [-0.39, 0.29) is 6.04 Å². The summed E-state index contributed by atoms with van der Waals surface area (Å²) in [7, 11) is 1.69. The molecule has 2 aromatic rings. The first-order valence-corrected chi connectivity index (χ1v) is 7.65. The van der Waals surface area contributed by atoms with Gasteiger partial charge in [0.1, 0.15) is 5.75 Å². The van der Waals surface area contributed by atoms with Gasteiger partial charge in [0.15, 0.2) is 0 Å². The predicted octanol–water partition coefficient (Wildman–Crippen LogP) is 4.81. The zero-order valence-electron chi connectivity index (χ0n) is 11.5. The standard InChI is InChI=1S/C16H17BrClNO/c1-3-19-16(11-8-9-14(18)13(17)10-11)12-6-4-5-7-15(12)20-2/h4-10,16,19H,3H2,1-2H3. The number of ether oxygens (including phenoxy) is 1. The van der Waals surface area contributed by atoms with Crippen LogP contribution in [0.4, 0.5) is 0 Å². The topological polar surface area (TPSA) is 21.3 Å². The average Bonchev–Trinajstić information content (AvgIpc) is 2.48. The highest BCUT2D eigenvalue weighted by atomic mass is 79.9. The van der Waals surface area contributed by atoms with Gasteiger partial charge in [-0.1, -0.05) is 42.8 Å². The van der Waals surface area contributed by atoms with Gasteiger partial charge in [-0.2, -0.15) is 0 Å². The molecule has 4 heteroatoms. The zero-order valence-corrected chi connectivity index (χ0v) is 13.8. The summed E-state index contributed by atoms with van der Waals surface area (Å²) in [5, 5.41) is 4.20. The van der Waals surface area contributed by atoms with Crippen LogP contribution in [0.15, 0.2) is 46.9 Å². The van der Waals surface area contributed by atoms with E-state index in [1.807, 2.05) is 36.4 Å². The van der Waals surface area contributed by atoms with Crippen molar-refractivity contribution in [3.05, 3.63) is 63.1 Å². The molecule has 0 aliphatic heterocycles. The number of rotatable bonds is 5. The van der Waals surface area contributed by atoms with Gasteiger partial charge in [-0.25, -0.2) is 0 Å². The van der Waals surface area contributed by atoms with Crippen LogP contribution in [-0.4, -0.2) is 13.7 Å². The van der Waals surface area contributed by atoms with Gasteiger partial charge in [-0.15, -0.1) is 0 Å². The SMILES string of the molecule is CCNC(c1ccc(Cl)c(Br)c1)c1ccccc1OC. The van der Waals surface area contributed by atoms with E-state index in [0.29, 0.717) is 5.02 Å². The highest BCUT2D eigenvalue weighted by Crippen LogP contribution is 2.33. The maximum atomic E-state index is 6.07. The lowest BCUT2D eigenvalue weighted by Gasteiger charge is -2.21. The molecule has 1 unspecified atom stereocenters. The number of nitrogens with one attached hydrogen (secondary N) is 1. The first-order chi connectivity index (χ1) is 9.67. The van der Waals surface area contributed by atoms with Gasteiger partial charge >= 0.3 is 0 Å². The van der Waals surface area contributed by atoms with E-state index in [1.165, 1.54) is 0 Å². The van der Waals surface area contributed by atoms with E-state index in [1.54, 1.807) is 7.11 Å². The third-order valence-corrected chi connectivity index (χ3v) is 4.35. The van der Waals surface area contributed by atoms with Crippen molar-refractivity contribution in [2.24, 2.45) is 0 Å². The first kappa shape index (κ1) is 15.4. The summed E-state index contributed by atoms with van der Waals surface area (Å²) in [6, 6.07) is 14.1. The monoisotopic (exact) mass is 353 g/mol. The van der Waals surface area contributed by atoms with E-state index in [9.17, 15) is 0 Å². The van der Waals surface area contributed by atoms with E-state index in [4.69, 9.17) is 16.3 Å². The molecule has 0 bridgehead atoms.